The zero-order chi connectivity index (χ0) is 9.30. The molecule has 1 aromatic rings. The number of rotatable bonds is 1. The van der Waals surface area contributed by atoms with Gasteiger partial charge in [-0.05, 0) is 12.1 Å². The van der Waals surface area contributed by atoms with Crippen LogP contribution in [0.2, 0.25) is 10.0 Å². The Labute approximate surface area is 78.2 Å². The van der Waals surface area contributed by atoms with Gasteiger partial charge < -0.3 is 10.2 Å². The molecule has 1 N–H and O–H groups in total. The highest BCUT2D eigenvalue weighted by Gasteiger charge is 2.10. The Bertz CT molecular complexity index is 336. The second kappa shape index (κ2) is 3.21. The first-order valence-electron chi connectivity index (χ1n) is 2.92. The normalized spacial score (nSPS) is 9.83. The summed E-state index contributed by atoms with van der Waals surface area (Å²) in [6.45, 7) is 0. The minimum atomic E-state index is -1.37. The second-order valence-corrected chi connectivity index (χ2v) is 2.85. The summed E-state index contributed by atoms with van der Waals surface area (Å²) in [4.78, 5) is 10.5. The number of carboxylic acids is 1. The predicted molar refractivity (Wildman–Crippen MR) is 42.9 cm³/mol. The van der Waals surface area contributed by atoms with Gasteiger partial charge in [-0.3, -0.25) is 0 Å². The van der Waals surface area contributed by atoms with Gasteiger partial charge in [0.15, 0.2) is 0 Å². The summed E-state index contributed by atoms with van der Waals surface area (Å²) in [5.74, 6) is -2.12. The van der Waals surface area contributed by atoms with Crippen LogP contribution in [0.5, 0.6) is 5.75 Å². The Hall–Kier alpha value is -0.930. The minimum absolute atomic E-state index is 0.100. The molecule has 0 fully saturated rings. The van der Waals surface area contributed by atoms with Crippen LogP contribution in [0.25, 0.3) is 0 Å². The van der Waals surface area contributed by atoms with Crippen LogP contribution in [0.4, 0.5) is 0 Å². The smallest absolute Gasteiger partial charge is 0.336 e. The molecule has 12 heavy (non-hydrogen) atoms. The van der Waals surface area contributed by atoms with Gasteiger partial charge in [-0.25, -0.2) is 4.79 Å². The zero-order valence-corrected chi connectivity index (χ0v) is 7.19. The lowest BCUT2D eigenvalue weighted by Crippen LogP contribution is -2.05. The van der Waals surface area contributed by atoms with Crippen molar-refractivity contribution in [3.63, 3.8) is 0 Å². The zero-order valence-electron chi connectivity index (χ0n) is 5.67. The molecular weight excluding hydrogens is 203 g/mol. The van der Waals surface area contributed by atoms with Crippen molar-refractivity contribution < 1.29 is 15.0 Å². The average Bonchev–Trinajstić information content (AvgIpc) is 1.97. The van der Waals surface area contributed by atoms with Gasteiger partial charge in [-0.15, -0.1) is 0 Å². The van der Waals surface area contributed by atoms with Crippen molar-refractivity contribution >= 4 is 29.2 Å². The van der Waals surface area contributed by atoms with E-state index in [1.807, 2.05) is 0 Å². The fraction of sp³-hybridized carbons (Fsp3) is 0. The Balaban J connectivity index is 3.43. The van der Waals surface area contributed by atoms with Crippen LogP contribution in [-0.2, 0) is 0 Å². The molecular formula is C7H3Cl2O3-. The van der Waals surface area contributed by atoms with E-state index in [4.69, 9.17) is 28.3 Å². The summed E-state index contributed by atoms with van der Waals surface area (Å²) < 4.78 is 0. The van der Waals surface area contributed by atoms with E-state index >= 15 is 0 Å². The first-order chi connectivity index (χ1) is 5.54. The molecule has 0 aliphatic heterocycles. The van der Waals surface area contributed by atoms with E-state index < -0.39 is 17.3 Å². The molecule has 64 valence electrons. The quantitative estimate of drug-likeness (QED) is 0.761. The van der Waals surface area contributed by atoms with E-state index in [0.29, 0.717) is 0 Å². The van der Waals surface area contributed by atoms with Crippen molar-refractivity contribution in [1.82, 2.24) is 0 Å². The molecule has 1 aromatic carbocycles. The molecule has 0 radical (unpaired) electrons. The number of hydrogen-bond acceptors (Lipinski definition) is 2. The van der Waals surface area contributed by atoms with Gasteiger partial charge in [-0.2, -0.15) is 0 Å². The number of hydrogen-bond donors (Lipinski definition) is 1. The molecule has 3 nitrogen and oxygen atoms in total. The summed E-state index contributed by atoms with van der Waals surface area (Å²) in [5, 5.41) is 19.3. The molecule has 0 aliphatic carbocycles. The van der Waals surface area contributed by atoms with Crippen molar-refractivity contribution in [2.75, 3.05) is 0 Å². The van der Waals surface area contributed by atoms with Crippen LogP contribution in [0, 0.1) is 0 Å². The first-order valence-corrected chi connectivity index (χ1v) is 3.68. The summed E-state index contributed by atoms with van der Waals surface area (Å²) in [5.41, 5.74) is -0.482. The number of carboxylic acid groups (broad SMARTS) is 1. The Morgan fingerprint density at radius 3 is 2.25 bits per heavy atom. The van der Waals surface area contributed by atoms with Crippen molar-refractivity contribution in [2.45, 2.75) is 0 Å². The van der Waals surface area contributed by atoms with E-state index in [9.17, 15) is 9.90 Å². The van der Waals surface area contributed by atoms with Crippen LogP contribution in [0.1, 0.15) is 10.4 Å². The van der Waals surface area contributed by atoms with Crippen LogP contribution in [0.3, 0.4) is 0 Å². The number of carbonyl (C=O) groups is 1. The highest BCUT2D eigenvalue weighted by Crippen LogP contribution is 2.30. The maximum absolute atomic E-state index is 11.0. The lowest BCUT2D eigenvalue weighted by molar-refractivity contribution is -0.268. The third-order valence-corrected chi connectivity index (χ3v) is 1.89. The lowest BCUT2D eigenvalue weighted by atomic mass is 10.2. The van der Waals surface area contributed by atoms with Crippen molar-refractivity contribution in [3.8, 4) is 5.75 Å². The van der Waals surface area contributed by atoms with E-state index in [0.717, 1.165) is 0 Å². The summed E-state index contributed by atoms with van der Waals surface area (Å²) in [7, 11) is 0. The number of benzene rings is 1. The average molecular weight is 206 g/mol. The molecule has 5 heteroatoms. The Morgan fingerprint density at radius 1 is 1.33 bits per heavy atom. The van der Waals surface area contributed by atoms with Crippen LogP contribution in [0.15, 0.2) is 12.1 Å². The van der Waals surface area contributed by atoms with Gasteiger partial charge in [0.25, 0.3) is 0 Å². The number of aromatic carboxylic acids is 1. The molecule has 0 saturated heterocycles. The van der Waals surface area contributed by atoms with Gasteiger partial charge >= 0.3 is 5.97 Å². The molecule has 0 amide bonds. The van der Waals surface area contributed by atoms with Crippen molar-refractivity contribution in [2.24, 2.45) is 0 Å². The molecule has 0 saturated carbocycles. The van der Waals surface area contributed by atoms with Crippen LogP contribution < -0.4 is 5.11 Å². The highest BCUT2D eigenvalue weighted by atomic mass is 35.5. The standard InChI is InChI=1S/C7H4Cl2O3/c8-3-1-2-4(9)6(10)5(3)7(11)12/h1-2,10H,(H,11,12)/p-1. The summed E-state index contributed by atoms with van der Waals surface area (Å²) in [6, 6.07) is 2.54. The molecule has 0 heterocycles. The second-order valence-electron chi connectivity index (χ2n) is 2.04. The molecule has 0 aromatic heterocycles. The molecule has 1 rings (SSSR count). The molecule has 0 atom stereocenters. The van der Waals surface area contributed by atoms with Gasteiger partial charge in [-0.1, -0.05) is 29.0 Å². The third kappa shape index (κ3) is 1.47. The van der Waals surface area contributed by atoms with Crippen LogP contribution >= 0.6 is 23.2 Å². The minimum Gasteiger partial charge on any atom is -0.871 e. The van der Waals surface area contributed by atoms with Crippen molar-refractivity contribution in [3.05, 3.63) is 27.7 Å². The van der Waals surface area contributed by atoms with Gasteiger partial charge in [0.2, 0.25) is 0 Å². The Morgan fingerprint density at radius 2 is 1.83 bits per heavy atom. The monoisotopic (exact) mass is 205 g/mol. The largest absolute Gasteiger partial charge is 0.871 e. The molecule has 0 spiro atoms. The molecule has 0 aliphatic rings. The highest BCUT2D eigenvalue weighted by molar-refractivity contribution is 6.36. The van der Waals surface area contributed by atoms with Crippen LogP contribution in [-0.4, -0.2) is 11.1 Å². The third-order valence-electron chi connectivity index (χ3n) is 1.27. The van der Waals surface area contributed by atoms with E-state index in [1.165, 1.54) is 12.1 Å². The molecule has 0 bridgehead atoms. The topological polar surface area (TPSA) is 60.4 Å². The maximum atomic E-state index is 11.0. The van der Waals surface area contributed by atoms with E-state index in [-0.39, 0.29) is 10.0 Å². The van der Waals surface area contributed by atoms with E-state index in [1.54, 1.807) is 0 Å². The van der Waals surface area contributed by atoms with Gasteiger partial charge in [0, 0.05) is 5.02 Å². The lowest BCUT2D eigenvalue weighted by Gasteiger charge is -2.12. The molecule has 0 unspecified atom stereocenters. The van der Waals surface area contributed by atoms with Crippen molar-refractivity contribution in [1.29, 1.82) is 0 Å². The summed E-state index contributed by atoms with van der Waals surface area (Å²) >= 11 is 10.9. The maximum Gasteiger partial charge on any atom is 0.336 e. The fourth-order valence-electron chi connectivity index (χ4n) is 0.732. The van der Waals surface area contributed by atoms with E-state index in [2.05, 4.69) is 0 Å². The predicted octanol–water partition coefficient (Wildman–Crippen LogP) is 1.77. The fourth-order valence-corrected chi connectivity index (χ4v) is 1.12. The Kier molecular flexibility index (Phi) is 2.45. The number of halogens is 2. The van der Waals surface area contributed by atoms with Gasteiger partial charge in [0.1, 0.15) is 0 Å². The van der Waals surface area contributed by atoms with Gasteiger partial charge in [0.05, 0.1) is 10.6 Å². The SMILES string of the molecule is O=C(O)c1c(Cl)ccc(Cl)c1[O-]. The summed E-state index contributed by atoms with van der Waals surface area (Å²) in [6.07, 6.45) is 0. The first kappa shape index (κ1) is 9.16.